The van der Waals surface area contributed by atoms with Gasteiger partial charge in [0.2, 0.25) is 5.91 Å². The van der Waals surface area contributed by atoms with Gasteiger partial charge in [-0.15, -0.1) is 11.8 Å². The summed E-state index contributed by atoms with van der Waals surface area (Å²) in [6.07, 6.45) is 1.58. The topological polar surface area (TPSA) is 55.8 Å². The number of amides is 1. The maximum atomic E-state index is 11.9. The van der Waals surface area contributed by atoms with Crippen LogP contribution in [0.3, 0.4) is 0 Å². The number of methoxy groups -OCH3 is 2. The second-order valence-corrected chi connectivity index (χ2v) is 4.92. The molecule has 98 valence electrons. The molecule has 0 aromatic heterocycles. The second-order valence-electron chi connectivity index (χ2n) is 3.81. The van der Waals surface area contributed by atoms with Crippen LogP contribution in [-0.4, -0.2) is 61.7 Å². The van der Waals surface area contributed by atoms with Crippen LogP contribution in [0.2, 0.25) is 0 Å². The number of thioether (sulfide) groups is 1. The molecule has 0 aromatic rings. The Balaban J connectivity index is 2.37. The van der Waals surface area contributed by atoms with Crippen LogP contribution < -0.4 is 0 Å². The number of rotatable bonds is 6. The number of ether oxygens (including phenoxy) is 2. The minimum absolute atomic E-state index is 0.0130. The molecule has 0 aliphatic carbocycles. The molecular weight excluding hydrogens is 242 g/mol. The first-order chi connectivity index (χ1) is 8.20. The van der Waals surface area contributed by atoms with Gasteiger partial charge in [0.1, 0.15) is 6.04 Å². The molecule has 0 saturated carbocycles. The van der Waals surface area contributed by atoms with Crippen molar-refractivity contribution in [1.82, 2.24) is 4.90 Å². The molecule has 6 heteroatoms. The second kappa shape index (κ2) is 7.55. The Kier molecular flexibility index (Phi) is 6.36. The average molecular weight is 261 g/mol. The summed E-state index contributed by atoms with van der Waals surface area (Å²) in [6.45, 7) is 1.29. The number of hydrogen-bond acceptors (Lipinski definition) is 5. The van der Waals surface area contributed by atoms with Crippen molar-refractivity contribution in [1.29, 1.82) is 0 Å². The average Bonchev–Trinajstić information content (AvgIpc) is 2.82. The molecule has 1 rings (SSSR count). The summed E-state index contributed by atoms with van der Waals surface area (Å²) in [5, 5.41) is 0. The summed E-state index contributed by atoms with van der Waals surface area (Å²) in [4.78, 5) is 25.0. The van der Waals surface area contributed by atoms with Crippen molar-refractivity contribution in [3.05, 3.63) is 0 Å². The lowest BCUT2D eigenvalue weighted by atomic mass is 10.2. The highest BCUT2D eigenvalue weighted by Gasteiger charge is 2.34. The fraction of sp³-hybridized carbons (Fsp3) is 0.818. The highest BCUT2D eigenvalue weighted by Crippen LogP contribution is 2.19. The standard InChI is InChI=1S/C11H19NO4S/c1-15-6-7-17-8-10(13)12-5-3-4-9(12)11(14)16-2/h9H,3-8H2,1-2H3. The summed E-state index contributed by atoms with van der Waals surface area (Å²) >= 11 is 1.53. The molecule has 1 aliphatic rings. The van der Waals surface area contributed by atoms with E-state index in [9.17, 15) is 9.59 Å². The molecule has 0 radical (unpaired) electrons. The number of esters is 1. The highest BCUT2D eigenvalue weighted by molar-refractivity contribution is 7.99. The molecule has 0 N–H and O–H groups in total. The number of nitrogens with zero attached hydrogens (tertiary/aromatic N) is 1. The Morgan fingerprint density at radius 2 is 2.18 bits per heavy atom. The quantitative estimate of drug-likeness (QED) is 0.516. The van der Waals surface area contributed by atoms with Crippen molar-refractivity contribution in [2.75, 3.05) is 38.9 Å². The van der Waals surface area contributed by atoms with Gasteiger partial charge in [0, 0.05) is 19.4 Å². The molecule has 1 saturated heterocycles. The fourth-order valence-electron chi connectivity index (χ4n) is 1.83. The van der Waals surface area contributed by atoms with E-state index in [1.807, 2.05) is 0 Å². The van der Waals surface area contributed by atoms with E-state index in [4.69, 9.17) is 9.47 Å². The lowest BCUT2D eigenvalue weighted by molar-refractivity contribution is -0.150. The fourth-order valence-corrected chi connectivity index (χ4v) is 2.60. The molecule has 1 amide bonds. The van der Waals surface area contributed by atoms with Gasteiger partial charge in [0.25, 0.3) is 0 Å². The van der Waals surface area contributed by atoms with Crippen LogP contribution in [0.4, 0.5) is 0 Å². The van der Waals surface area contributed by atoms with E-state index < -0.39 is 0 Å². The van der Waals surface area contributed by atoms with Crippen molar-refractivity contribution >= 4 is 23.6 Å². The maximum absolute atomic E-state index is 11.9. The number of likely N-dealkylation sites (tertiary alicyclic amines) is 1. The molecule has 0 aromatic carbocycles. The van der Waals surface area contributed by atoms with Crippen LogP contribution in [0.25, 0.3) is 0 Å². The predicted octanol–water partition coefficient (Wildman–Crippen LogP) is 0.530. The third-order valence-electron chi connectivity index (χ3n) is 2.70. The summed E-state index contributed by atoms with van der Waals surface area (Å²) in [7, 11) is 2.99. The van der Waals surface area contributed by atoms with E-state index in [0.29, 0.717) is 25.3 Å². The smallest absolute Gasteiger partial charge is 0.328 e. The monoisotopic (exact) mass is 261 g/mol. The summed E-state index contributed by atoms with van der Waals surface area (Å²) in [5.74, 6) is 0.896. The molecule has 17 heavy (non-hydrogen) atoms. The van der Waals surface area contributed by atoms with Crippen LogP contribution in [0, 0.1) is 0 Å². The third kappa shape index (κ3) is 4.20. The van der Waals surface area contributed by atoms with Crippen molar-refractivity contribution in [3.63, 3.8) is 0 Å². The first-order valence-corrected chi connectivity index (χ1v) is 6.80. The van der Waals surface area contributed by atoms with Crippen LogP contribution in [0.5, 0.6) is 0 Å². The van der Waals surface area contributed by atoms with Gasteiger partial charge in [0.15, 0.2) is 0 Å². The van der Waals surface area contributed by atoms with Gasteiger partial charge in [-0.1, -0.05) is 0 Å². The zero-order valence-corrected chi connectivity index (χ0v) is 11.1. The zero-order chi connectivity index (χ0) is 12.7. The summed E-state index contributed by atoms with van der Waals surface area (Å²) < 4.78 is 9.60. The van der Waals surface area contributed by atoms with Crippen LogP contribution >= 0.6 is 11.8 Å². The first-order valence-electron chi connectivity index (χ1n) is 5.64. The lowest BCUT2D eigenvalue weighted by Crippen LogP contribution is -2.42. The minimum Gasteiger partial charge on any atom is -0.467 e. The summed E-state index contributed by atoms with van der Waals surface area (Å²) in [6, 6.07) is -0.379. The number of carbonyl (C=O) groups is 2. The Labute approximate surface area is 106 Å². The van der Waals surface area contributed by atoms with Crippen molar-refractivity contribution in [3.8, 4) is 0 Å². The third-order valence-corrected chi connectivity index (χ3v) is 3.61. The Morgan fingerprint density at radius 3 is 2.82 bits per heavy atom. The van der Waals surface area contributed by atoms with Gasteiger partial charge in [-0.3, -0.25) is 4.79 Å². The SMILES string of the molecule is COCCSCC(=O)N1CCCC1C(=O)OC. The molecule has 1 heterocycles. The molecule has 1 unspecified atom stereocenters. The molecule has 1 atom stereocenters. The Morgan fingerprint density at radius 1 is 1.41 bits per heavy atom. The van der Waals surface area contributed by atoms with Crippen molar-refractivity contribution in [2.45, 2.75) is 18.9 Å². The van der Waals surface area contributed by atoms with Gasteiger partial charge in [-0.05, 0) is 12.8 Å². The van der Waals surface area contributed by atoms with Gasteiger partial charge >= 0.3 is 5.97 Å². The predicted molar refractivity (Wildman–Crippen MR) is 66.0 cm³/mol. The van der Waals surface area contributed by atoms with E-state index in [-0.39, 0.29) is 17.9 Å². The Bertz CT molecular complexity index is 272. The molecule has 1 aliphatic heterocycles. The van der Waals surface area contributed by atoms with Crippen LogP contribution in [0.15, 0.2) is 0 Å². The molecular formula is C11H19NO4S. The highest BCUT2D eigenvalue weighted by atomic mass is 32.2. The molecule has 1 fully saturated rings. The lowest BCUT2D eigenvalue weighted by Gasteiger charge is -2.22. The van der Waals surface area contributed by atoms with E-state index in [0.717, 1.165) is 12.2 Å². The maximum Gasteiger partial charge on any atom is 0.328 e. The van der Waals surface area contributed by atoms with Gasteiger partial charge in [0.05, 0.1) is 19.5 Å². The largest absolute Gasteiger partial charge is 0.467 e. The number of hydrogen-bond donors (Lipinski definition) is 0. The first kappa shape index (κ1) is 14.3. The van der Waals surface area contributed by atoms with E-state index in [2.05, 4.69) is 0 Å². The minimum atomic E-state index is -0.379. The van der Waals surface area contributed by atoms with Gasteiger partial charge in [-0.2, -0.15) is 0 Å². The van der Waals surface area contributed by atoms with Gasteiger partial charge in [-0.25, -0.2) is 4.79 Å². The van der Waals surface area contributed by atoms with Crippen molar-refractivity contribution < 1.29 is 19.1 Å². The van der Waals surface area contributed by atoms with Gasteiger partial charge < -0.3 is 14.4 Å². The van der Waals surface area contributed by atoms with E-state index in [1.54, 1.807) is 12.0 Å². The zero-order valence-electron chi connectivity index (χ0n) is 10.3. The normalized spacial score (nSPS) is 19.4. The van der Waals surface area contributed by atoms with Crippen molar-refractivity contribution in [2.24, 2.45) is 0 Å². The molecule has 0 spiro atoms. The molecule has 0 bridgehead atoms. The van der Waals surface area contributed by atoms with E-state index in [1.165, 1.54) is 18.9 Å². The number of carbonyl (C=O) groups excluding carboxylic acids is 2. The van der Waals surface area contributed by atoms with Crippen LogP contribution in [0.1, 0.15) is 12.8 Å². The van der Waals surface area contributed by atoms with E-state index >= 15 is 0 Å². The molecule has 5 nitrogen and oxygen atoms in total. The summed E-state index contributed by atoms with van der Waals surface area (Å²) in [5.41, 5.74) is 0. The van der Waals surface area contributed by atoms with Crippen LogP contribution in [-0.2, 0) is 19.1 Å². The Hall–Kier alpha value is -0.750.